The summed E-state index contributed by atoms with van der Waals surface area (Å²) in [5.41, 5.74) is 1.80. The summed E-state index contributed by atoms with van der Waals surface area (Å²) >= 11 is 0. The summed E-state index contributed by atoms with van der Waals surface area (Å²) in [6.45, 7) is 7.29. The highest BCUT2D eigenvalue weighted by Gasteiger charge is 2.36. The van der Waals surface area contributed by atoms with E-state index in [1.165, 1.54) is 0 Å². The number of nitrogens with zero attached hydrogens (tertiary/aromatic N) is 1. The van der Waals surface area contributed by atoms with Crippen molar-refractivity contribution in [1.82, 2.24) is 5.32 Å². The van der Waals surface area contributed by atoms with Crippen LogP contribution < -0.4 is 15.0 Å². The van der Waals surface area contributed by atoms with Crippen molar-refractivity contribution in [2.45, 2.75) is 33.6 Å². The molecule has 0 bridgehead atoms. The molecule has 1 N–H and O–H groups in total. The van der Waals surface area contributed by atoms with Gasteiger partial charge < -0.3 is 15.0 Å². The van der Waals surface area contributed by atoms with Crippen LogP contribution in [0.15, 0.2) is 18.2 Å². The third-order valence-corrected chi connectivity index (χ3v) is 4.14. The SMILES string of the molecule is COc1ccc(C)cc1N1CC(C(=O)NCCC(C)C)CC1=O. The summed E-state index contributed by atoms with van der Waals surface area (Å²) in [7, 11) is 1.59. The van der Waals surface area contributed by atoms with Gasteiger partial charge in [0, 0.05) is 19.5 Å². The molecule has 1 aliphatic heterocycles. The molecule has 1 unspecified atom stereocenters. The van der Waals surface area contributed by atoms with Gasteiger partial charge in [0.2, 0.25) is 11.8 Å². The molecule has 1 aromatic rings. The van der Waals surface area contributed by atoms with Gasteiger partial charge in [-0.05, 0) is 37.0 Å². The Morgan fingerprint density at radius 2 is 2.17 bits per heavy atom. The van der Waals surface area contributed by atoms with Gasteiger partial charge in [0.25, 0.3) is 0 Å². The van der Waals surface area contributed by atoms with E-state index >= 15 is 0 Å². The number of hydrogen-bond donors (Lipinski definition) is 1. The maximum absolute atomic E-state index is 12.3. The van der Waals surface area contributed by atoms with Gasteiger partial charge in [-0.3, -0.25) is 9.59 Å². The van der Waals surface area contributed by atoms with Crippen molar-refractivity contribution >= 4 is 17.5 Å². The molecule has 1 saturated heterocycles. The normalized spacial score (nSPS) is 17.7. The fourth-order valence-electron chi connectivity index (χ4n) is 2.76. The van der Waals surface area contributed by atoms with Gasteiger partial charge in [-0.1, -0.05) is 19.9 Å². The highest BCUT2D eigenvalue weighted by molar-refractivity contribution is 6.01. The number of ether oxygens (including phenoxy) is 1. The van der Waals surface area contributed by atoms with Crippen molar-refractivity contribution in [1.29, 1.82) is 0 Å². The summed E-state index contributed by atoms with van der Waals surface area (Å²) in [4.78, 5) is 26.3. The quantitative estimate of drug-likeness (QED) is 0.877. The average molecular weight is 318 g/mol. The first-order valence-corrected chi connectivity index (χ1v) is 8.15. The summed E-state index contributed by atoms with van der Waals surface area (Å²) in [5, 5.41) is 2.94. The van der Waals surface area contributed by atoms with E-state index in [1.54, 1.807) is 12.0 Å². The van der Waals surface area contributed by atoms with E-state index in [9.17, 15) is 9.59 Å². The van der Waals surface area contributed by atoms with Crippen LogP contribution in [0.2, 0.25) is 0 Å². The van der Waals surface area contributed by atoms with Crippen LogP contribution in [0.25, 0.3) is 0 Å². The zero-order chi connectivity index (χ0) is 17.0. The second-order valence-corrected chi connectivity index (χ2v) is 6.55. The van der Waals surface area contributed by atoms with Crippen molar-refractivity contribution in [3.8, 4) is 5.75 Å². The molecule has 0 aromatic heterocycles. The summed E-state index contributed by atoms with van der Waals surface area (Å²) < 4.78 is 5.35. The van der Waals surface area contributed by atoms with Gasteiger partial charge in [0.1, 0.15) is 5.75 Å². The summed E-state index contributed by atoms with van der Waals surface area (Å²) in [5.74, 6) is 0.851. The topological polar surface area (TPSA) is 58.6 Å². The first kappa shape index (κ1) is 17.3. The van der Waals surface area contributed by atoms with Crippen LogP contribution in [0.1, 0.15) is 32.3 Å². The predicted octanol–water partition coefficient (Wildman–Crippen LogP) is 2.52. The molecule has 1 fully saturated rings. The Morgan fingerprint density at radius 3 is 2.83 bits per heavy atom. The molecule has 126 valence electrons. The van der Waals surface area contributed by atoms with Crippen molar-refractivity contribution in [2.24, 2.45) is 11.8 Å². The van der Waals surface area contributed by atoms with Gasteiger partial charge in [-0.25, -0.2) is 0 Å². The Kier molecular flexibility index (Phi) is 5.64. The summed E-state index contributed by atoms with van der Waals surface area (Å²) in [6.07, 6.45) is 1.20. The molecule has 2 amide bonds. The lowest BCUT2D eigenvalue weighted by Crippen LogP contribution is -2.34. The van der Waals surface area contributed by atoms with E-state index < -0.39 is 0 Å². The Labute approximate surface area is 138 Å². The maximum atomic E-state index is 12.3. The van der Waals surface area contributed by atoms with Crippen LogP contribution >= 0.6 is 0 Å². The molecule has 1 heterocycles. The molecular weight excluding hydrogens is 292 g/mol. The molecule has 0 saturated carbocycles. The third kappa shape index (κ3) is 4.24. The number of rotatable bonds is 6. The highest BCUT2D eigenvalue weighted by atomic mass is 16.5. The van der Waals surface area contributed by atoms with Crippen LogP contribution in [-0.4, -0.2) is 32.0 Å². The Balaban J connectivity index is 2.05. The highest BCUT2D eigenvalue weighted by Crippen LogP contribution is 2.33. The van der Waals surface area contributed by atoms with E-state index in [0.29, 0.717) is 24.8 Å². The lowest BCUT2D eigenvalue weighted by atomic mass is 10.1. The Morgan fingerprint density at radius 1 is 1.43 bits per heavy atom. The minimum atomic E-state index is -0.292. The number of nitrogens with one attached hydrogen (secondary N) is 1. The fraction of sp³-hybridized carbons (Fsp3) is 0.556. The van der Waals surface area contributed by atoms with Gasteiger partial charge in [-0.2, -0.15) is 0 Å². The Bertz CT molecular complexity index is 584. The van der Waals surface area contributed by atoms with Crippen molar-refractivity contribution in [2.75, 3.05) is 25.1 Å². The lowest BCUT2D eigenvalue weighted by Gasteiger charge is -2.20. The number of amides is 2. The molecule has 0 aliphatic carbocycles. The molecule has 1 aromatic carbocycles. The molecule has 23 heavy (non-hydrogen) atoms. The van der Waals surface area contributed by atoms with E-state index in [0.717, 1.165) is 17.7 Å². The molecule has 0 radical (unpaired) electrons. The maximum Gasteiger partial charge on any atom is 0.227 e. The monoisotopic (exact) mass is 318 g/mol. The van der Waals surface area contributed by atoms with Gasteiger partial charge in [-0.15, -0.1) is 0 Å². The second kappa shape index (κ2) is 7.49. The average Bonchev–Trinajstić information content (AvgIpc) is 2.88. The van der Waals surface area contributed by atoms with Crippen molar-refractivity contribution < 1.29 is 14.3 Å². The minimum absolute atomic E-state index is 0.0297. The van der Waals surface area contributed by atoms with E-state index in [4.69, 9.17) is 4.74 Å². The van der Waals surface area contributed by atoms with Crippen molar-refractivity contribution in [3.05, 3.63) is 23.8 Å². The first-order valence-electron chi connectivity index (χ1n) is 8.15. The lowest BCUT2D eigenvalue weighted by molar-refractivity contribution is -0.126. The summed E-state index contributed by atoms with van der Waals surface area (Å²) in [6, 6.07) is 5.72. The zero-order valence-electron chi connectivity index (χ0n) is 14.4. The number of anilines is 1. The molecule has 1 aliphatic rings. The number of hydrogen-bond acceptors (Lipinski definition) is 3. The zero-order valence-corrected chi connectivity index (χ0v) is 14.4. The molecule has 2 rings (SSSR count). The molecule has 5 nitrogen and oxygen atoms in total. The largest absolute Gasteiger partial charge is 0.495 e. The molecule has 0 spiro atoms. The van der Waals surface area contributed by atoms with Crippen LogP contribution in [0, 0.1) is 18.8 Å². The van der Waals surface area contributed by atoms with Gasteiger partial charge in [0.05, 0.1) is 18.7 Å². The number of methoxy groups -OCH3 is 1. The predicted molar refractivity (Wildman–Crippen MR) is 90.7 cm³/mol. The van der Waals surface area contributed by atoms with E-state index in [1.807, 2.05) is 25.1 Å². The standard InChI is InChI=1S/C18H26N2O3/c1-12(2)7-8-19-18(22)14-10-17(21)20(11-14)15-9-13(3)5-6-16(15)23-4/h5-6,9,12,14H,7-8,10-11H2,1-4H3,(H,19,22). The first-order chi connectivity index (χ1) is 10.9. The van der Waals surface area contributed by atoms with Crippen LogP contribution in [0.4, 0.5) is 5.69 Å². The number of carbonyl (C=O) groups is 2. The third-order valence-electron chi connectivity index (χ3n) is 4.14. The smallest absolute Gasteiger partial charge is 0.227 e. The van der Waals surface area contributed by atoms with Gasteiger partial charge in [0.15, 0.2) is 0 Å². The molecule has 5 heteroatoms. The van der Waals surface area contributed by atoms with Crippen molar-refractivity contribution in [3.63, 3.8) is 0 Å². The minimum Gasteiger partial charge on any atom is -0.495 e. The fourth-order valence-corrected chi connectivity index (χ4v) is 2.76. The van der Waals surface area contributed by atoms with Crippen LogP contribution in [0.3, 0.4) is 0 Å². The van der Waals surface area contributed by atoms with E-state index in [2.05, 4.69) is 19.2 Å². The van der Waals surface area contributed by atoms with Gasteiger partial charge >= 0.3 is 0 Å². The molecule has 1 atom stereocenters. The number of carbonyl (C=O) groups excluding carboxylic acids is 2. The Hall–Kier alpha value is -2.04. The molecular formula is C18H26N2O3. The number of aryl methyl sites for hydroxylation is 1. The van der Waals surface area contributed by atoms with Crippen LogP contribution in [0.5, 0.6) is 5.75 Å². The van der Waals surface area contributed by atoms with E-state index in [-0.39, 0.29) is 24.2 Å². The number of benzene rings is 1. The second-order valence-electron chi connectivity index (χ2n) is 6.55. The van der Waals surface area contributed by atoms with Crippen LogP contribution in [-0.2, 0) is 9.59 Å².